The average Bonchev–Trinajstić information content (AvgIpc) is 3.49. The number of carbonyl (C=O) groups is 3. The third kappa shape index (κ3) is 10.1. The lowest BCUT2D eigenvalue weighted by Crippen LogP contribution is -2.43. The molecule has 6 bridgehead atoms. The van der Waals surface area contributed by atoms with Gasteiger partial charge in [-0.05, 0) is 83.2 Å². The molecule has 2 atom stereocenters. The van der Waals surface area contributed by atoms with Gasteiger partial charge in [-0.3, -0.25) is 9.59 Å². The number of ether oxygens (including phenoxy) is 4. The van der Waals surface area contributed by atoms with E-state index in [9.17, 15) is 19.5 Å². The first-order valence-electron chi connectivity index (χ1n) is 16.9. The predicted octanol–water partition coefficient (Wildman–Crippen LogP) is 5.01. The Bertz CT molecular complexity index is 1650. The highest BCUT2D eigenvalue weighted by Gasteiger charge is 2.42. The van der Waals surface area contributed by atoms with Gasteiger partial charge < -0.3 is 44.9 Å². The fourth-order valence-corrected chi connectivity index (χ4v) is 5.46. The summed E-state index contributed by atoms with van der Waals surface area (Å²) in [5.74, 6) is -1.09. The summed E-state index contributed by atoms with van der Waals surface area (Å²) in [4.78, 5) is 53.1. The van der Waals surface area contributed by atoms with E-state index < -0.39 is 35.5 Å². The molecule has 3 aliphatic rings. The van der Waals surface area contributed by atoms with Crippen molar-refractivity contribution < 1.29 is 38.4 Å². The van der Waals surface area contributed by atoms with Gasteiger partial charge in [-0.1, -0.05) is 12.1 Å². The van der Waals surface area contributed by atoms with Crippen molar-refractivity contribution in [3.63, 3.8) is 0 Å². The molecule has 268 valence electrons. The number of nitrogens with one attached hydrogen (secondary N) is 3. The second-order valence-corrected chi connectivity index (χ2v) is 13.1. The molecule has 0 spiro atoms. The lowest BCUT2D eigenvalue weighted by molar-refractivity contribution is -0.141. The van der Waals surface area contributed by atoms with Crippen molar-refractivity contribution in [2.45, 2.75) is 71.6 Å². The second-order valence-electron chi connectivity index (χ2n) is 13.1. The molecule has 0 unspecified atom stereocenters. The molecule has 3 aromatic rings. The molecule has 2 amide bonds. The predicted molar refractivity (Wildman–Crippen MR) is 184 cm³/mol. The lowest BCUT2D eigenvalue weighted by atomic mass is 10.0. The fourth-order valence-electron chi connectivity index (χ4n) is 5.46. The molecule has 6 rings (SSSR count). The number of likely N-dealkylation sites (tertiary alicyclic amines) is 1. The number of rotatable bonds is 5. The van der Waals surface area contributed by atoms with Crippen LogP contribution >= 0.6 is 0 Å². The maximum Gasteiger partial charge on any atom is 0.410 e. The van der Waals surface area contributed by atoms with Crippen LogP contribution in [0.2, 0.25) is 0 Å². The first-order valence-corrected chi connectivity index (χ1v) is 16.9. The van der Waals surface area contributed by atoms with Crippen LogP contribution in [0.5, 0.6) is 17.5 Å². The number of carbonyl (C=O) groups excluding carboxylic acids is 2. The summed E-state index contributed by atoms with van der Waals surface area (Å²) in [6.45, 7) is 8.66. The van der Waals surface area contributed by atoms with Crippen LogP contribution in [0.4, 0.5) is 22.4 Å². The molecule has 15 heteroatoms. The number of aromatic nitrogens is 3. The smallest absolute Gasteiger partial charge is 0.410 e. The second kappa shape index (κ2) is 16.4. The van der Waals surface area contributed by atoms with Gasteiger partial charge in [0.1, 0.15) is 17.1 Å². The zero-order valence-corrected chi connectivity index (χ0v) is 28.9. The minimum atomic E-state index is -1.13. The SMILES string of the molecule is CCOc1nc2nc(n1)Nc1ccc(C(=O)N[C@@H]3CN(C(=O)OC(C)(C)C)C[C@@H]3C(=O)O)c(c1)OCCCCCCOc1ccc(cc1)CN2. The quantitative estimate of drug-likeness (QED) is 0.280. The monoisotopic (exact) mass is 691 g/mol. The van der Waals surface area contributed by atoms with Crippen LogP contribution < -0.4 is 30.2 Å². The summed E-state index contributed by atoms with van der Waals surface area (Å²) < 4.78 is 23.1. The van der Waals surface area contributed by atoms with Gasteiger partial charge in [0.05, 0.1) is 37.3 Å². The number of fused-ring (bicyclic) bond motifs is 10. The van der Waals surface area contributed by atoms with Crippen LogP contribution in [-0.4, -0.2) is 87.5 Å². The molecular weight excluding hydrogens is 646 g/mol. The van der Waals surface area contributed by atoms with E-state index >= 15 is 0 Å². The first kappa shape index (κ1) is 36.0. The van der Waals surface area contributed by atoms with Crippen molar-refractivity contribution in [1.29, 1.82) is 0 Å². The van der Waals surface area contributed by atoms with Gasteiger partial charge >= 0.3 is 18.1 Å². The van der Waals surface area contributed by atoms with Crippen LogP contribution in [0.25, 0.3) is 0 Å². The van der Waals surface area contributed by atoms with Crippen molar-refractivity contribution >= 4 is 35.6 Å². The topological polar surface area (TPSA) is 186 Å². The zero-order chi connectivity index (χ0) is 35.7. The summed E-state index contributed by atoms with van der Waals surface area (Å²) in [6.07, 6.45) is 2.81. The van der Waals surface area contributed by atoms with E-state index in [2.05, 4.69) is 30.9 Å². The van der Waals surface area contributed by atoms with Crippen molar-refractivity contribution in [2.24, 2.45) is 5.92 Å². The number of carboxylic acids is 1. The minimum Gasteiger partial charge on any atom is -0.494 e. The Kier molecular flexibility index (Phi) is 11.8. The Morgan fingerprint density at radius 3 is 2.38 bits per heavy atom. The molecule has 4 N–H and O–H groups in total. The van der Waals surface area contributed by atoms with Crippen LogP contribution in [-0.2, 0) is 16.1 Å². The van der Waals surface area contributed by atoms with E-state index in [1.54, 1.807) is 39.0 Å². The Labute approximate surface area is 291 Å². The number of aliphatic carboxylic acids is 1. The molecule has 50 heavy (non-hydrogen) atoms. The van der Waals surface area contributed by atoms with E-state index in [1.165, 1.54) is 4.90 Å². The number of benzene rings is 2. The Morgan fingerprint density at radius 1 is 0.960 bits per heavy atom. The molecule has 3 aliphatic heterocycles. The van der Waals surface area contributed by atoms with Crippen LogP contribution in [0.1, 0.15) is 69.3 Å². The van der Waals surface area contributed by atoms with E-state index in [1.807, 2.05) is 31.2 Å². The first-order chi connectivity index (χ1) is 24.0. The Balaban J connectivity index is 1.38. The Hall–Kier alpha value is -5.34. The molecule has 1 saturated heterocycles. The van der Waals surface area contributed by atoms with Crippen LogP contribution in [0, 0.1) is 5.92 Å². The maximum absolute atomic E-state index is 13.7. The number of amides is 2. The van der Waals surface area contributed by atoms with Gasteiger partial charge in [-0.15, -0.1) is 0 Å². The summed E-state index contributed by atoms with van der Waals surface area (Å²) in [7, 11) is 0. The molecule has 1 aromatic heterocycles. The molecule has 0 radical (unpaired) electrons. The van der Waals surface area contributed by atoms with Crippen molar-refractivity contribution in [3.8, 4) is 17.5 Å². The van der Waals surface area contributed by atoms with E-state index in [0.29, 0.717) is 38.0 Å². The largest absolute Gasteiger partial charge is 0.494 e. The van der Waals surface area contributed by atoms with Crippen molar-refractivity contribution in [3.05, 3.63) is 53.6 Å². The molecule has 0 aliphatic carbocycles. The lowest BCUT2D eigenvalue weighted by Gasteiger charge is -2.24. The van der Waals surface area contributed by atoms with Gasteiger partial charge in [0.25, 0.3) is 5.91 Å². The van der Waals surface area contributed by atoms with Gasteiger partial charge in [0.15, 0.2) is 0 Å². The Morgan fingerprint density at radius 2 is 1.68 bits per heavy atom. The molecule has 1 fully saturated rings. The molecule has 2 aromatic carbocycles. The summed E-state index contributed by atoms with van der Waals surface area (Å²) in [5.41, 5.74) is 1.00. The van der Waals surface area contributed by atoms with Gasteiger partial charge in [-0.25, -0.2) is 4.79 Å². The summed E-state index contributed by atoms with van der Waals surface area (Å²) in [6, 6.07) is 12.1. The number of hydrogen-bond donors (Lipinski definition) is 4. The van der Waals surface area contributed by atoms with E-state index in [0.717, 1.165) is 37.0 Å². The van der Waals surface area contributed by atoms with E-state index in [-0.39, 0.29) is 36.4 Å². The normalized spacial score (nSPS) is 18.3. The molecular formula is C35H45N7O8. The van der Waals surface area contributed by atoms with Crippen molar-refractivity contribution in [1.82, 2.24) is 25.2 Å². The highest BCUT2D eigenvalue weighted by atomic mass is 16.6. The van der Waals surface area contributed by atoms with Crippen molar-refractivity contribution in [2.75, 3.05) is 43.5 Å². The van der Waals surface area contributed by atoms with Gasteiger partial charge in [-0.2, -0.15) is 15.0 Å². The average molecular weight is 692 g/mol. The van der Waals surface area contributed by atoms with E-state index in [4.69, 9.17) is 18.9 Å². The van der Waals surface area contributed by atoms with Gasteiger partial charge in [0, 0.05) is 31.4 Å². The van der Waals surface area contributed by atoms with Gasteiger partial charge in [0.2, 0.25) is 11.9 Å². The molecule has 15 nitrogen and oxygen atoms in total. The maximum atomic E-state index is 13.7. The number of carboxylic acid groups (broad SMARTS) is 1. The highest BCUT2D eigenvalue weighted by Crippen LogP contribution is 2.28. The number of hydrogen-bond acceptors (Lipinski definition) is 12. The van der Waals surface area contributed by atoms with Crippen LogP contribution in [0.15, 0.2) is 42.5 Å². The molecule has 4 heterocycles. The van der Waals surface area contributed by atoms with Crippen LogP contribution in [0.3, 0.4) is 0 Å². The number of anilines is 3. The molecule has 0 saturated carbocycles. The third-order valence-corrected chi connectivity index (χ3v) is 7.91. The number of nitrogens with zero attached hydrogens (tertiary/aromatic N) is 4. The highest BCUT2D eigenvalue weighted by molar-refractivity contribution is 5.98. The zero-order valence-electron chi connectivity index (χ0n) is 28.9. The minimum absolute atomic E-state index is 0.0142. The third-order valence-electron chi connectivity index (χ3n) is 7.91. The fraction of sp³-hybridized carbons (Fsp3) is 0.486. The standard InChI is InChI=1S/C35H45N7O8/c1-5-47-33-40-31-36-19-22-10-13-24(14-11-22)48-16-8-6-7-9-17-49-28-18-23(37-32(39-31)41-33)12-15-25(28)29(43)38-27-21-42(20-26(27)30(44)45)34(46)50-35(2,3)4/h10-15,18,26-27H,5-9,16-17,19-21H2,1-4H3,(H,38,43)(H,44,45)(H2,36,37,39,40,41)/t26-,27+/m0/s1. The summed E-state index contributed by atoms with van der Waals surface area (Å²) >= 11 is 0. The summed E-state index contributed by atoms with van der Waals surface area (Å²) in [5, 5.41) is 19.1.